The van der Waals surface area contributed by atoms with E-state index >= 15 is 0 Å². The summed E-state index contributed by atoms with van der Waals surface area (Å²) in [5.74, 6) is 0.453. The van der Waals surface area contributed by atoms with E-state index in [0.717, 1.165) is 16.8 Å². The normalized spacial score (nSPS) is 11.9. The number of benzene rings is 3. The Morgan fingerprint density at radius 2 is 1.64 bits per heavy atom. The number of nitrogens with zero attached hydrogens (tertiary/aromatic N) is 5. The number of rotatable bonds is 8. The highest BCUT2D eigenvalue weighted by atomic mass is 32.2. The molecule has 1 heterocycles. The van der Waals surface area contributed by atoms with Crippen molar-refractivity contribution in [3.63, 3.8) is 0 Å². The van der Waals surface area contributed by atoms with E-state index in [4.69, 9.17) is 0 Å². The van der Waals surface area contributed by atoms with Crippen molar-refractivity contribution in [2.24, 2.45) is 5.10 Å². The average Bonchev–Trinajstić information content (AvgIpc) is 3.34. The molecule has 0 aliphatic heterocycles. The summed E-state index contributed by atoms with van der Waals surface area (Å²) in [4.78, 5) is 23.0. The van der Waals surface area contributed by atoms with Gasteiger partial charge < -0.3 is 0 Å². The highest BCUT2D eigenvalue weighted by Crippen LogP contribution is 2.30. The molecule has 1 N–H and O–H groups in total. The van der Waals surface area contributed by atoms with E-state index in [1.54, 1.807) is 19.1 Å². The maximum Gasteiger partial charge on any atom is 0.269 e. The van der Waals surface area contributed by atoms with Gasteiger partial charge in [-0.25, -0.2) is 5.43 Å². The van der Waals surface area contributed by atoms with Crippen LogP contribution in [-0.2, 0) is 10.2 Å². The van der Waals surface area contributed by atoms with Gasteiger partial charge in [0, 0.05) is 23.4 Å². The summed E-state index contributed by atoms with van der Waals surface area (Å²) in [6.45, 7) is 10.3. The lowest BCUT2D eigenvalue weighted by Crippen LogP contribution is -2.21. The number of amides is 1. The molecule has 4 rings (SSSR count). The second-order valence-corrected chi connectivity index (χ2v) is 11.1. The van der Waals surface area contributed by atoms with Crippen molar-refractivity contribution in [3.05, 3.63) is 99.6 Å². The van der Waals surface area contributed by atoms with Crippen LogP contribution in [0.15, 0.2) is 83.1 Å². The van der Waals surface area contributed by atoms with E-state index in [1.165, 1.54) is 29.5 Å². The standard InChI is InChI=1S/C29H30N6O3S/c1-19-6-14-24(15-7-19)34-27(22-8-12-23(13-9-22)29(3,4)5)32-33-28(34)39-18-26(36)31-30-20(2)21-10-16-25(17-11-21)35(37)38/h6-17H,18H2,1-5H3,(H,31,36)/b30-20-. The Bertz CT molecular complexity index is 1500. The Balaban J connectivity index is 1.52. The zero-order chi connectivity index (χ0) is 28.2. The predicted octanol–water partition coefficient (Wildman–Crippen LogP) is 6.08. The van der Waals surface area contributed by atoms with Gasteiger partial charge in [0.1, 0.15) is 0 Å². The lowest BCUT2D eigenvalue weighted by Gasteiger charge is -2.19. The summed E-state index contributed by atoms with van der Waals surface area (Å²) in [5, 5.41) is 24.5. The number of non-ortho nitro benzene ring substituents is 1. The van der Waals surface area contributed by atoms with Gasteiger partial charge in [0.25, 0.3) is 11.6 Å². The molecular formula is C29H30N6O3S. The van der Waals surface area contributed by atoms with Crippen molar-refractivity contribution >= 4 is 29.1 Å². The van der Waals surface area contributed by atoms with E-state index in [9.17, 15) is 14.9 Å². The van der Waals surface area contributed by atoms with Crippen LogP contribution in [0.5, 0.6) is 0 Å². The average molecular weight is 543 g/mol. The van der Waals surface area contributed by atoms with Gasteiger partial charge in [0.15, 0.2) is 11.0 Å². The van der Waals surface area contributed by atoms with Gasteiger partial charge in [0.2, 0.25) is 0 Å². The van der Waals surface area contributed by atoms with E-state index in [1.807, 2.05) is 47.9 Å². The van der Waals surface area contributed by atoms with Crippen LogP contribution >= 0.6 is 11.8 Å². The van der Waals surface area contributed by atoms with Crippen LogP contribution in [0.4, 0.5) is 5.69 Å². The predicted molar refractivity (Wildman–Crippen MR) is 154 cm³/mol. The highest BCUT2D eigenvalue weighted by molar-refractivity contribution is 7.99. The zero-order valence-electron chi connectivity index (χ0n) is 22.5. The largest absolute Gasteiger partial charge is 0.272 e. The van der Waals surface area contributed by atoms with Crippen molar-refractivity contribution in [1.82, 2.24) is 20.2 Å². The highest BCUT2D eigenvalue weighted by Gasteiger charge is 2.19. The Labute approximate surface area is 231 Å². The second kappa shape index (κ2) is 11.6. The van der Waals surface area contributed by atoms with Crippen molar-refractivity contribution in [2.75, 3.05) is 5.75 Å². The topological polar surface area (TPSA) is 115 Å². The fourth-order valence-corrected chi connectivity index (χ4v) is 4.54. The molecule has 200 valence electrons. The summed E-state index contributed by atoms with van der Waals surface area (Å²) in [7, 11) is 0. The summed E-state index contributed by atoms with van der Waals surface area (Å²) in [6, 6.07) is 22.4. The molecule has 3 aromatic carbocycles. The summed E-state index contributed by atoms with van der Waals surface area (Å²) >= 11 is 1.26. The Morgan fingerprint density at radius 3 is 2.23 bits per heavy atom. The first kappa shape index (κ1) is 27.7. The lowest BCUT2D eigenvalue weighted by atomic mass is 9.87. The molecule has 9 nitrogen and oxygen atoms in total. The van der Waals surface area contributed by atoms with E-state index < -0.39 is 4.92 Å². The molecule has 0 unspecified atom stereocenters. The van der Waals surface area contributed by atoms with E-state index in [0.29, 0.717) is 22.3 Å². The van der Waals surface area contributed by atoms with Crippen molar-refractivity contribution in [2.45, 2.75) is 45.2 Å². The number of hydrazone groups is 1. The van der Waals surface area contributed by atoms with Crippen LogP contribution in [0.2, 0.25) is 0 Å². The third-order valence-corrected chi connectivity index (χ3v) is 7.04. The van der Waals surface area contributed by atoms with Gasteiger partial charge >= 0.3 is 0 Å². The quantitative estimate of drug-likeness (QED) is 0.125. The molecule has 0 radical (unpaired) electrons. The molecule has 0 spiro atoms. The molecule has 1 aromatic heterocycles. The minimum Gasteiger partial charge on any atom is -0.272 e. The Kier molecular flexibility index (Phi) is 8.25. The second-order valence-electron chi connectivity index (χ2n) is 10.1. The number of thioether (sulfide) groups is 1. The number of nitrogens with one attached hydrogen (secondary N) is 1. The lowest BCUT2D eigenvalue weighted by molar-refractivity contribution is -0.384. The van der Waals surface area contributed by atoms with Gasteiger partial charge in [-0.2, -0.15) is 5.10 Å². The van der Waals surface area contributed by atoms with Gasteiger partial charge in [-0.15, -0.1) is 10.2 Å². The number of carbonyl (C=O) groups is 1. The first-order valence-corrected chi connectivity index (χ1v) is 13.4. The maximum atomic E-state index is 12.6. The van der Waals surface area contributed by atoms with Crippen molar-refractivity contribution < 1.29 is 9.72 Å². The van der Waals surface area contributed by atoms with Crippen LogP contribution in [0.25, 0.3) is 17.1 Å². The van der Waals surface area contributed by atoms with Crippen LogP contribution in [-0.4, -0.2) is 37.1 Å². The van der Waals surface area contributed by atoms with E-state index in [-0.39, 0.29) is 22.8 Å². The van der Waals surface area contributed by atoms with Crippen LogP contribution in [0, 0.1) is 17.0 Å². The molecule has 4 aromatic rings. The fraction of sp³-hybridized carbons (Fsp3) is 0.241. The summed E-state index contributed by atoms with van der Waals surface area (Å²) in [6.07, 6.45) is 0. The molecule has 0 atom stereocenters. The first-order chi connectivity index (χ1) is 18.5. The van der Waals surface area contributed by atoms with Gasteiger partial charge in [0.05, 0.1) is 16.4 Å². The number of hydrogen-bond acceptors (Lipinski definition) is 7. The number of aryl methyl sites for hydroxylation is 1. The molecule has 0 aliphatic rings. The molecule has 0 saturated carbocycles. The van der Waals surface area contributed by atoms with Crippen LogP contribution in [0.1, 0.15) is 44.4 Å². The molecule has 0 aliphatic carbocycles. The van der Waals surface area contributed by atoms with E-state index in [2.05, 4.69) is 53.6 Å². The number of hydrogen-bond donors (Lipinski definition) is 1. The fourth-order valence-electron chi connectivity index (χ4n) is 3.79. The molecule has 0 saturated heterocycles. The first-order valence-electron chi connectivity index (χ1n) is 12.4. The van der Waals surface area contributed by atoms with Crippen LogP contribution < -0.4 is 5.43 Å². The number of carbonyl (C=O) groups excluding carboxylic acids is 1. The molecular weight excluding hydrogens is 512 g/mol. The zero-order valence-corrected chi connectivity index (χ0v) is 23.3. The molecule has 1 amide bonds. The monoisotopic (exact) mass is 542 g/mol. The maximum absolute atomic E-state index is 12.6. The minimum atomic E-state index is -0.461. The third kappa shape index (κ3) is 6.77. The van der Waals surface area contributed by atoms with Crippen LogP contribution in [0.3, 0.4) is 0 Å². The SMILES string of the molecule is C/C(=N/NC(=O)CSc1nnc(-c2ccc(C(C)(C)C)cc2)n1-c1ccc(C)cc1)c1ccc([N+](=O)[O-])cc1. The van der Waals surface area contributed by atoms with Gasteiger partial charge in [-0.3, -0.25) is 19.5 Å². The molecule has 39 heavy (non-hydrogen) atoms. The molecule has 10 heteroatoms. The molecule has 0 bridgehead atoms. The third-order valence-electron chi connectivity index (χ3n) is 6.11. The number of nitro groups is 1. The van der Waals surface area contributed by atoms with Gasteiger partial charge in [-0.05, 0) is 54.7 Å². The molecule has 0 fully saturated rings. The summed E-state index contributed by atoms with van der Waals surface area (Å²) in [5.41, 5.74) is 7.98. The Hall–Kier alpha value is -4.31. The minimum absolute atomic E-state index is 0.00538. The summed E-state index contributed by atoms with van der Waals surface area (Å²) < 4.78 is 1.95. The van der Waals surface area contributed by atoms with Crippen molar-refractivity contribution in [3.8, 4) is 17.1 Å². The van der Waals surface area contributed by atoms with Gasteiger partial charge in [-0.1, -0.05) is 74.5 Å². The van der Waals surface area contributed by atoms with Crippen molar-refractivity contribution in [1.29, 1.82) is 0 Å². The number of nitro benzene ring substituents is 1. The Morgan fingerprint density at radius 1 is 1.00 bits per heavy atom. The number of aromatic nitrogens is 3. The smallest absolute Gasteiger partial charge is 0.269 e.